The molecule has 1 aliphatic heterocycles. The van der Waals surface area contributed by atoms with Gasteiger partial charge in [0.1, 0.15) is 17.2 Å². The minimum atomic E-state index is -0.768. The van der Waals surface area contributed by atoms with Crippen LogP contribution in [0.2, 0.25) is 0 Å². The number of aromatic nitrogens is 1. The first-order valence-corrected chi connectivity index (χ1v) is 10.5. The predicted molar refractivity (Wildman–Crippen MR) is 123 cm³/mol. The van der Waals surface area contributed by atoms with Crippen LogP contribution in [-0.4, -0.2) is 54.6 Å². The van der Waals surface area contributed by atoms with E-state index in [2.05, 4.69) is 4.98 Å². The fourth-order valence-electron chi connectivity index (χ4n) is 4.34. The number of fused-ring (bicyclic) bond motifs is 1. The van der Waals surface area contributed by atoms with Gasteiger partial charge in [-0.1, -0.05) is 0 Å². The Labute approximate surface area is 191 Å². The lowest BCUT2D eigenvalue weighted by molar-refractivity contribution is -0.129. The molecule has 8 heteroatoms. The second-order valence-corrected chi connectivity index (χ2v) is 7.80. The average Bonchev–Trinajstić information content (AvgIpc) is 3.34. The molecular formula is C25H26N2O6. The van der Waals surface area contributed by atoms with Gasteiger partial charge in [-0.25, -0.2) is 0 Å². The molecule has 4 rings (SSSR count). The van der Waals surface area contributed by atoms with Crippen molar-refractivity contribution in [3.63, 3.8) is 0 Å². The van der Waals surface area contributed by atoms with Crippen LogP contribution < -0.4 is 14.2 Å². The van der Waals surface area contributed by atoms with Crippen LogP contribution in [0.1, 0.15) is 24.1 Å². The van der Waals surface area contributed by atoms with Gasteiger partial charge in [-0.05, 0) is 49.2 Å². The van der Waals surface area contributed by atoms with E-state index in [1.54, 1.807) is 32.4 Å². The number of amides is 1. The molecule has 172 valence electrons. The number of H-pyrrole nitrogens is 1. The Kier molecular flexibility index (Phi) is 6.00. The molecule has 2 aromatic carbocycles. The molecule has 8 nitrogen and oxygen atoms in total. The van der Waals surface area contributed by atoms with Crippen molar-refractivity contribution in [3.8, 4) is 17.2 Å². The third kappa shape index (κ3) is 3.88. The summed E-state index contributed by atoms with van der Waals surface area (Å²) < 4.78 is 16.1. The molecule has 1 atom stereocenters. The van der Waals surface area contributed by atoms with Crippen LogP contribution in [0.15, 0.2) is 53.9 Å². The molecule has 1 aromatic heterocycles. The fourth-order valence-corrected chi connectivity index (χ4v) is 4.34. The van der Waals surface area contributed by atoms with Gasteiger partial charge in [0.15, 0.2) is 11.5 Å². The van der Waals surface area contributed by atoms with Crippen LogP contribution in [-0.2, 0) is 16.0 Å². The number of ether oxygens (including phenoxy) is 3. The Balaban J connectivity index is 1.71. The molecule has 33 heavy (non-hydrogen) atoms. The number of methoxy groups -OCH3 is 3. The van der Waals surface area contributed by atoms with Crippen LogP contribution in [0, 0.1) is 0 Å². The number of ketones is 1. The van der Waals surface area contributed by atoms with E-state index in [4.69, 9.17) is 14.2 Å². The van der Waals surface area contributed by atoms with Gasteiger partial charge in [-0.2, -0.15) is 0 Å². The molecule has 0 radical (unpaired) electrons. The zero-order valence-electron chi connectivity index (χ0n) is 19.0. The third-order valence-corrected chi connectivity index (χ3v) is 6.01. The first-order valence-electron chi connectivity index (χ1n) is 10.5. The van der Waals surface area contributed by atoms with Crippen LogP contribution in [0.5, 0.6) is 17.2 Å². The van der Waals surface area contributed by atoms with Gasteiger partial charge in [-0.3, -0.25) is 9.59 Å². The first-order chi connectivity index (χ1) is 15.9. The van der Waals surface area contributed by atoms with Crippen LogP contribution in [0.25, 0.3) is 10.9 Å². The lowest BCUT2D eigenvalue weighted by atomic mass is 9.95. The van der Waals surface area contributed by atoms with E-state index in [1.807, 2.05) is 24.4 Å². The summed E-state index contributed by atoms with van der Waals surface area (Å²) >= 11 is 0. The molecule has 0 fully saturated rings. The predicted octanol–water partition coefficient (Wildman–Crippen LogP) is 3.72. The molecule has 1 amide bonds. The van der Waals surface area contributed by atoms with Crippen molar-refractivity contribution in [2.24, 2.45) is 0 Å². The molecule has 0 aliphatic carbocycles. The monoisotopic (exact) mass is 450 g/mol. The second kappa shape index (κ2) is 8.90. The minimum absolute atomic E-state index is 0.0593. The third-order valence-electron chi connectivity index (χ3n) is 6.01. The van der Waals surface area contributed by atoms with Gasteiger partial charge in [0.25, 0.3) is 5.91 Å². The Morgan fingerprint density at radius 1 is 1.06 bits per heavy atom. The summed E-state index contributed by atoms with van der Waals surface area (Å²) in [5, 5.41) is 11.6. The molecule has 0 spiro atoms. The summed E-state index contributed by atoms with van der Waals surface area (Å²) in [4.78, 5) is 30.2. The molecule has 2 N–H and O–H groups in total. The summed E-state index contributed by atoms with van der Waals surface area (Å²) in [6.45, 7) is 1.63. The quantitative estimate of drug-likeness (QED) is 0.543. The van der Waals surface area contributed by atoms with Crippen LogP contribution in [0.3, 0.4) is 0 Å². The minimum Gasteiger partial charge on any atom is -0.503 e. The molecule has 0 saturated carbocycles. The summed E-state index contributed by atoms with van der Waals surface area (Å²) in [6, 6.07) is 10.2. The van der Waals surface area contributed by atoms with Gasteiger partial charge in [0.2, 0.25) is 0 Å². The van der Waals surface area contributed by atoms with Gasteiger partial charge in [0.05, 0.1) is 32.9 Å². The highest BCUT2D eigenvalue weighted by Crippen LogP contribution is 2.42. The van der Waals surface area contributed by atoms with Gasteiger partial charge >= 0.3 is 0 Å². The number of hydrogen-bond donors (Lipinski definition) is 2. The Morgan fingerprint density at radius 2 is 1.76 bits per heavy atom. The SMILES string of the molecule is COc1ccc([C@H]2C(C(C)=O)=C(O)C(=O)N2CCc2c[nH]c3ccc(OC)cc23)c(OC)c1. The van der Waals surface area contributed by atoms with Crippen molar-refractivity contribution in [2.45, 2.75) is 19.4 Å². The Bertz CT molecular complexity index is 1260. The molecule has 3 aromatic rings. The van der Waals surface area contributed by atoms with Crippen LogP contribution in [0.4, 0.5) is 0 Å². The summed E-state index contributed by atoms with van der Waals surface area (Å²) in [5.74, 6) is 0.299. The summed E-state index contributed by atoms with van der Waals surface area (Å²) in [6.07, 6.45) is 2.40. The Hall–Kier alpha value is -3.94. The lowest BCUT2D eigenvalue weighted by Crippen LogP contribution is -2.33. The van der Waals surface area contributed by atoms with Crippen molar-refractivity contribution in [1.82, 2.24) is 9.88 Å². The van der Waals surface area contributed by atoms with Crippen molar-refractivity contribution < 1.29 is 28.9 Å². The zero-order valence-corrected chi connectivity index (χ0v) is 19.0. The zero-order chi connectivity index (χ0) is 23.7. The first kappa shape index (κ1) is 22.3. The summed E-state index contributed by atoms with van der Waals surface area (Å²) in [5.41, 5.74) is 2.61. The van der Waals surface area contributed by atoms with E-state index in [1.165, 1.54) is 18.9 Å². The number of nitrogens with zero attached hydrogens (tertiary/aromatic N) is 1. The Morgan fingerprint density at radius 3 is 2.42 bits per heavy atom. The summed E-state index contributed by atoms with van der Waals surface area (Å²) in [7, 11) is 4.67. The number of aromatic amines is 1. The molecule has 1 aliphatic rings. The normalized spacial score (nSPS) is 15.9. The number of rotatable bonds is 8. The van der Waals surface area contributed by atoms with E-state index in [0.717, 1.165) is 22.2 Å². The number of benzene rings is 2. The number of aliphatic hydroxyl groups is 1. The highest BCUT2D eigenvalue weighted by Gasteiger charge is 2.43. The van der Waals surface area contributed by atoms with Crippen molar-refractivity contribution in [1.29, 1.82) is 0 Å². The van der Waals surface area contributed by atoms with Gasteiger partial charge < -0.3 is 29.2 Å². The number of nitrogens with one attached hydrogen (secondary N) is 1. The lowest BCUT2D eigenvalue weighted by Gasteiger charge is -2.28. The average molecular weight is 450 g/mol. The van der Waals surface area contributed by atoms with E-state index in [0.29, 0.717) is 23.5 Å². The highest BCUT2D eigenvalue weighted by molar-refractivity contribution is 6.08. The smallest absolute Gasteiger partial charge is 0.290 e. The number of carbonyl (C=O) groups excluding carboxylic acids is 2. The second-order valence-electron chi connectivity index (χ2n) is 7.80. The maximum absolute atomic E-state index is 13.0. The molecule has 0 unspecified atom stereocenters. The van der Waals surface area contributed by atoms with E-state index >= 15 is 0 Å². The largest absolute Gasteiger partial charge is 0.503 e. The molecular weight excluding hydrogens is 424 g/mol. The van der Waals surface area contributed by atoms with E-state index in [-0.39, 0.29) is 17.9 Å². The molecule has 0 saturated heterocycles. The van der Waals surface area contributed by atoms with Crippen LogP contribution >= 0.6 is 0 Å². The maximum atomic E-state index is 13.0. The fraction of sp³-hybridized carbons (Fsp3) is 0.280. The van der Waals surface area contributed by atoms with Crippen molar-refractivity contribution >= 4 is 22.6 Å². The standard InChI is InChI=1S/C25H26N2O6/c1-14(28)22-23(18-7-5-17(32-3)12-21(18)33-4)27(25(30)24(22)29)10-9-15-13-26-20-8-6-16(31-2)11-19(15)20/h5-8,11-13,23,26,29H,9-10H2,1-4H3/t23-/m0/s1. The van der Waals surface area contributed by atoms with Crippen molar-refractivity contribution in [3.05, 3.63) is 65.1 Å². The van der Waals surface area contributed by atoms with E-state index in [9.17, 15) is 14.7 Å². The number of aliphatic hydroxyl groups excluding tert-OH is 1. The van der Waals surface area contributed by atoms with Gasteiger partial charge in [0, 0.05) is 35.3 Å². The topological polar surface area (TPSA) is 101 Å². The van der Waals surface area contributed by atoms with Crippen molar-refractivity contribution in [2.75, 3.05) is 27.9 Å². The molecule has 2 heterocycles. The number of hydrogen-bond acceptors (Lipinski definition) is 6. The molecule has 0 bridgehead atoms. The highest BCUT2D eigenvalue weighted by atomic mass is 16.5. The number of Topliss-reactive ketones (excluding diaryl/α,β-unsaturated/α-hetero) is 1. The maximum Gasteiger partial charge on any atom is 0.290 e. The van der Waals surface area contributed by atoms with E-state index < -0.39 is 17.7 Å². The number of carbonyl (C=O) groups is 2. The van der Waals surface area contributed by atoms with Gasteiger partial charge in [-0.15, -0.1) is 0 Å².